The minimum absolute atomic E-state index is 0.394. The number of esters is 1. The Morgan fingerprint density at radius 1 is 1.60 bits per heavy atom. The fourth-order valence-corrected chi connectivity index (χ4v) is 0.714. The van der Waals surface area contributed by atoms with E-state index in [0.717, 1.165) is 13.0 Å². The zero-order chi connectivity index (χ0) is 12.3. The van der Waals surface area contributed by atoms with Crippen LogP contribution < -0.4 is 0 Å². The van der Waals surface area contributed by atoms with E-state index in [1.54, 1.807) is 0 Å². The summed E-state index contributed by atoms with van der Waals surface area (Å²) < 4.78 is 43.7. The number of rotatable bonds is 1. The molecule has 1 aliphatic rings. The molecule has 0 N–H and O–H groups in total. The maximum Gasteiger partial charge on any atom is 0.419 e. The summed E-state index contributed by atoms with van der Waals surface area (Å²) in [5.41, 5.74) is -1.85. The Morgan fingerprint density at radius 2 is 2.00 bits per heavy atom. The number of methoxy groups -OCH3 is 1. The van der Waals surface area contributed by atoms with Crippen LogP contribution in [0.2, 0.25) is 0 Å². The summed E-state index contributed by atoms with van der Waals surface area (Å²) in [6.45, 7) is 5.62. The summed E-state index contributed by atoms with van der Waals surface area (Å²) in [6.07, 6.45) is -3.76. The van der Waals surface area contributed by atoms with Gasteiger partial charge in [-0.2, -0.15) is 13.2 Å². The van der Waals surface area contributed by atoms with Gasteiger partial charge in [0.05, 0.1) is 13.2 Å². The molecule has 1 rings (SSSR count). The maximum absolute atomic E-state index is 11.8. The van der Waals surface area contributed by atoms with Gasteiger partial charge in [0, 0.05) is 6.08 Å². The van der Waals surface area contributed by atoms with Crippen molar-refractivity contribution in [3.8, 4) is 0 Å². The third kappa shape index (κ3) is 3.54. The molecule has 0 aromatic carbocycles. The molecule has 0 amide bonds. The molecule has 6 heteroatoms. The van der Waals surface area contributed by atoms with Crippen molar-refractivity contribution in [2.24, 2.45) is 0 Å². The minimum atomic E-state index is -4.20. The summed E-state index contributed by atoms with van der Waals surface area (Å²) >= 11 is 0. The van der Waals surface area contributed by atoms with E-state index in [-0.39, 0.29) is 0 Å². The van der Waals surface area contributed by atoms with Crippen LogP contribution >= 0.6 is 0 Å². The predicted molar refractivity (Wildman–Crippen MR) is 47.2 cm³/mol. The van der Waals surface area contributed by atoms with Gasteiger partial charge in [0.2, 0.25) is 0 Å². The monoisotopic (exact) mass is 226 g/mol. The molecule has 1 fully saturated rings. The van der Waals surface area contributed by atoms with Crippen LogP contribution in [-0.2, 0) is 14.3 Å². The highest BCUT2D eigenvalue weighted by Gasteiger charge is 2.67. The number of halogens is 3. The second kappa shape index (κ2) is 4.65. The molecule has 88 valence electrons. The molecule has 0 spiro atoms. The predicted octanol–water partition coefficient (Wildman–Crippen LogP) is 2.07. The third-order valence-electron chi connectivity index (χ3n) is 2.07. The van der Waals surface area contributed by atoms with Crippen molar-refractivity contribution in [2.45, 2.75) is 31.7 Å². The van der Waals surface area contributed by atoms with Crippen molar-refractivity contribution < 1.29 is 27.4 Å². The van der Waals surface area contributed by atoms with Crippen molar-refractivity contribution in [2.75, 3.05) is 7.11 Å². The molecule has 0 bridgehead atoms. The highest BCUT2D eigenvalue weighted by atomic mass is 19.4. The Balaban J connectivity index is 0.000000288. The Hall–Kier alpha value is -1.04. The smallest absolute Gasteiger partial charge is 0.419 e. The number of alkyl halides is 3. The molecule has 2 unspecified atom stereocenters. The molecule has 3 nitrogen and oxygen atoms in total. The van der Waals surface area contributed by atoms with Crippen molar-refractivity contribution in [1.29, 1.82) is 0 Å². The van der Waals surface area contributed by atoms with E-state index in [1.165, 1.54) is 14.0 Å². The largest absolute Gasteiger partial charge is 0.466 e. The Morgan fingerprint density at radius 3 is 2.00 bits per heavy atom. The Kier molecular flexibility index (Phi) is 4.33. The van der Waals surface area contributed by atoms with Crippen LogP contribution in [0.15, 0.2) is 12.7 Å². The molecule has 0 radical (unpaired) electrons. The van der Waals surface area contributed by atoms with Crippen molar-refractivity contribution in [1.82, 2.24) is 0 Å². The summed E-state index contributed by atoms with van der Waals surface area (Å²) in [4.78, 5) is 9.84. The van der Waals surface area contributed by atoms with Crippen molar-refractivity contribution in [3.63, 3.8) is 0 Å². The second-order valence-corrected chi connectivity index (χ2v) is 3.09. The lowest BCUT2D eigenvalue weighted by Gasteiger charge is -2.09. The van der Waals surface area contributed by atoms with Gasteiger partial charge in [-0.05, 0) is 13.8 Å². The average Bonchev–Trinajstić information content (AvgIpc) is 2.75. The van der Waals surface area contributed by atoms with Gasteiger partial charge in [-0.15, -0.1) is 0 Å². The quantitative estimate of drug-likeness (QED) is 0.390. The van der Waals surface area contributed by atoms with Crippen LogP contribution in [0, 0.1) is 0 Å². The Bertz CT molecular complexity index is 249. The van der Waals surface area contributed by atoms with Crippen molar-refractivity contribution >= 4 is 5.97 Å². The number of carbonyl (C=O) groups is 1. The highest BCUT2D eigenvalue weighted by Crippen LogP contribution is 2.48. The third-order valence-corrected chi connectivity index (χ3v) is 2.07. The van der Waals surface area contributed by atoms with E-state index in [1.807, 2.05) is 0 Å². The molecule has 0 aromatic rings. The standard InChI is InChI=1S/C5H7F3O.C4H6O2/c1-3-4(2,9-3)5(6,7)8;1-3-4(5)6-2/h3H,1-2H3;3H,1H2,2H3. The van der Waals surface area contributed by atoms with Gasteiger partial charge in [0.15, 0.2) is 5.60 Å². The van der Waals surface area contributed by atoms with Crippen LogP contribution in [0.5, 0.6) is 0 Å². The highest BCUT2D eigenvalue weighted by molar-refractivity contribution is 5.80. The molecular formula is C9H13F3O3. The van der Waals surface area contributed by atoms with E-state index in [9.17, 15) is 18.0 Å². The number of hydrogen-bond acceptors (Lipinski definition) is 3. The molecule has 2 atom stereocenters. The average molecular weight is 226 g/mol. The van der Waals surface area contributed by atoms with Crippen molar-refractivity contribution in [3.05, 3.63) is 12.7 Å². The van der Waals surface area contributed by atoms with E-state index < -0.39 is 23.9 Å². The fourth-order valence-electron chi connectivity index (χ4n) is 0.714. The molecule has 0 aromatic heterocycles. The van der Waals surface area contributed by atoms with Gasteiger partial charge in [-0.25, -0.2) is 4.79 Å². The zero-order valence-electron chi connectivity index (χ0n) is 8.72. The molecule has 1 heterocycles. The van der Waals surface area contributed by atoms with E-state index in [4.69, 9.17) is 0 Å². The fraction of sp³-hybridized carbons (Fsp3) is 0.667. The van der Waals surface area contributed by atoms with Crippen LogP contribution in [0.4, 0.5) is 13.2 Å². The van der Waals surface area contributed by atoms with Gasteiger partial charge in [0.1, 0.15) is 0 Å². The van der Waals surface area contributed by atoms with E-state index >= 15 is 0 Å². The lowest BCUT2D eigenvalue weighted by Crippen LogP contribution is -2.30. The summed E-state index contributed by atoms with van der Waals surface area (Å²) in [5, 5.41) is 0. The first-order chi connectivity index (χ1) is 6.69. The lowest BCUT2D eigenvalue weighted by atomic mass is 10.1. The van der Waals surface area contributed by atoms with Gasteiger partial charge >= 0.3 is 12.1 Å². The second-order valence-electron chi connectivity index (χ2n) is 3.09. The first-order valence-electron chi connectivity index (χ1n) is 4.14. The first kappa shape index (κ1) is 14.0. The van der Waals surface area contributed by atoms with Gasteiger partial charge in [0.25, 0.3) is 0 Å². The summed E-state index contributed by atoms with van der Waals surface area (Å²) in [5.74, 6) is -0.394. The Labute approximate surface area is 85.9 Å². The normalized spacial score (nSPS) is 28.5. The van der Waals surface area contributed by atoms with Gasteiger partial charge in [-0.3, -0.25) is 0 Å². The van der Waals surface area contributed by atoms with Crippen LogP contribution in [0.3, 0.4) is 0 Å². The number of hydrogen-bond donors (Lipinski definition) is 0. The lowest BCUT2D eigenvalue weighted by molar-refractivity contribution is -0.178. The van der Waals surface area contributed by atoms with Crippen LogP contribution in [-0.4, -0.2) is 31.0 Å². The molecular weight excluding hydrogens is 213 g/mol. The number of carbonyl (C=O) groups excluding carboxylic acids is 1. The summed E-state index contributed by atoms with van der Waals surface area (Å²) in [6, 6.07) is 0. The molecule has 1 aliphatic heterocycles. The SMILES string of the molecule is C=CC(=O)OC.CC1OC1(C)C(F)(F)F. The van der Waals surface area contributed by atoms with E-state index in [2.05, 4.69) is 16.1 Å². The number of ether oxygens (including phenoxy) is 2. The molecule has 0 aliphatic carbocycles. The maximum atomic E-state index is 11.8. The van der Waals surface area contributed by atoms with Gasteiger partial charge < -0.3 is 9.47 Å². The van der Waals surface area contributed by atoms with Gasteiger partial charge in [-0.1, -0.05) is 6.58 Å². The zero-order valence-corrected chi connectivity index (χ0v) is 8.72. The molecule has 1 saturated heterocycles. The molecule has 0 saturated carbocycles. The number of epoxide rings is 1. The first-order valence-corrected chi connectivity index (χ1v) is 4.14. The van der Waals surface area contributed by atoms with Crippen LogP contribution in [0.25, 0.3) is 0 Å². The summed E-state index contributed by atoms with van der Waals surface area (Å²) in [7, 11) is 1.31. The van der Waals surface area contributed by atoms with E-state index in [0.29, 0.717) is 0 Å². The molecule has 15 heavy (non-hydrogen) atoms. The topological polar surface area (TPSA) is 38.8 Å². The minimum Gasteiger partial charge on any atom is -0.466 e. The van der Waals surface area contributed by atoms with Crippen LogP contribution in [0.1, 0.15) is 13.8 Å².